The minimum Gasteiger partial charge on any atom is -0.374 e. The summed E-state index contributed by atoms with van der Waals surface area (Å²) in [5, 5.41) is 0. The lowest BCUT2D eigenvalue weighted by Crippen LogP contribution is -2.58. The summed E-state index contributed by atoms with van der Waals surface area (Å²) in [6.07, 6.45) is 26.2. The maximum Gasteiger partial charge on any atom is 0.0679 e. The van der Waals surface area contributed by atoms with Crippen molar-refractivity contribution in [2.75, 3.05) is 0 Å². The second kappa shape index (κ2) is 9.60. The molecule has 6 unspecified atom stereocenters. The molecule has 0 aromatic carbocycles. The molecule has 3 saturated carbocycles. The number of hydrogen-bond donors (Lipinski definition) is 0. The average molecular weight is 439 g/mol. The first-order valence-electron chi connectivity index (χ1n) is 13.2. The van der Waals surface area contributed by atoms with Crippen LogP contribution >= 0.6 is 6.04 Å². The molecule has 0 aromatic rings. The molecule has 5 fully saturated rings. The van der Waals surface area contributed by atoms with Crippen LogP contribution in [0.1, 0.15) is 116 Å². The van der Waals surface area contributed by atoms with Crippen molar-refractivity contribution >= 4 is 17.8 Å². The predicted octanol–water partition coefficient (Wildman–Crippen LogP) is 7.17. The highest BCUT2D eigenvalue weighted by Gasteiger charge is 2.59. The zero-order valence-electron chi connectivity index (χ0n) is 18.4. The van der Waals surface area contributed by atoms with Crippen LogP contribution in [0.4, 0.5) is 0 Å². The molecule has 3 aliphatic carbocycles. The van der Waals surface area contributed by atoms with Crippen molar-refractivity contribution in [1.29, 1.82) is 0 Å². The van der Waals surface area contributed by atoms with Gasteiger partial charge < -0.3 is 9.47 Å². The maximum atomic E-state index is 7.09. The first-order valence-corrected chi connectivity index (χ1v) is 16.2. The van der Waals surface area contributed by atoms with Crippen LogP contribution in [0, 0.1) is 0 Å². The van der Waals surface area contributed by atoms with Gasteiger partial charge in [0.2, 0.25) is 0 Å². The quantitative estimate of drug-likeness (QED) is 0.374. The molecule has 0 aromatic heterocycles. The Morgan fingerprint density at radius 3 is 1.28 bits per heavy atom. The SMILES string of the molecule is S=P12C3CCCCCCCC3OC3CCCCC(OC4CCCCCCCC41)C32. The van der Waals surface area contributed by atoms with Gasteiger partial charge >= 0.3 is 0 Å². The highest BCUT2D eigenvalue weighted by molar-refractivity contribution is 8.15. The van der Waals surface area contributed by atoms with Crippen molar-refractivity contribution in [2.45, 2.75) is 157 Å². The van der Waals surface area contributed by atoms with E-state index >= 15 is 0 Å². The Kier molecular flexibility index (Phi) is 7.09. The average Bonchev–Trinajstić information content (AvgIpc) is 2.79. The summed E-state index contributed by atoms with van der Waals surface area (Å²) < 4.78 is 14.0. The zero-order chi connectivity index (χ0) is 19.7. The Labute approximate surface area is 184 Å². The van der Waals surface area contributed by atoms with E-state index in [2.05, 4.69) is 0 Å². The summed E-state index contributed by atoms with van der Waals surface area (Å²) >= 11 is 7.09. The molecule has 2 nitrogen and oxygen atoms in total. The van der Waals surface area contributed by atoms with Crippen LogP contribution in [0.25, 0.3) is 0 Å². The number of fused-ring (bicyclic) bond motifs is 4. The highest BCUT2D eigenvalue weighted by Crippen LogP contribution is 2.72. The second-order valence-corrected chi connectivity index (χ2v) is 16.1. The molecule has 2 heterocycles. The van der Waals surface area contributed by atoms with Gasteiger partial charge in [0.05, 0.1) is 24.4 Å². The van der Waals surface area contributed by atoms with E-state index in [0.717, 1.165) is 0 Å². The Bertz CT molecular complexity index is 549. The lowest BCUT2D eigenvalue weighted by Gasteiger charge is -2.59. The number of ether oxygens (including phenoxy) is 2. The summed E-state index contributed by atoms with van der Waals surface area (Å²) in [6, 6.07) is -1.54. The van der Waals surface area contributed by atoms with Crippen LogP contribution in [-0.4, -0.2) is 41.4 Å². The monoisotopic (exact) mass is 438 g/mol. The summed E-state index contributed by atoms with van der Waals surface area (Å²) in [6.45, 7) is 0. The highest BCUT2D eigenvalue weighted by atomic mass is 32.4. The lowest BCUT2D eigenvalue weighted by molar-refractivity contribution is -0.0923. The Hall–Kier alpha value is 0.570. The maximum absolute atomic E-state index is 7.09. The van der Waals surface area contributed by atoms with E-state index in [1.807, 2.05) is 0 Å². The first kappa shape index (κ1) is 21.4. The van der Waals surface area contributed by atoms with E-state index in [1.54, 1.807) is 0 Å². The molecule has 0 bridgehead atoms. The first-order chi connectivity index (χ1) is 14.3. The normalized spacial score (nSPS) is 49.3. The fourth-order valence-electron chi connectivity index (χ4n) is 7.68. The lowest BCUT2D eigenvalue weighted by atomic mass is 10.0. The van der Waals surface area contributed by atoms with Gasteiger partial charge in [-0.3, -0.25) is 0 Å². The van der Waals surface area contributed by atoms with E-state index in [9.17, 15) is 0 Å². The van der Waals surface area contributed by atoms with Crippen molar-refractivity contribution < 1.29 is 9.47 Å². The van der Waals surface area contributed by atoms with Gasteiger partial charge in [-0.25, -0.2) is 0 Å². The molecular formula is C25H43O2PS. The molecule has 0 amide bonds. The minimum atomic E-state index is -1.54. The van der Waals surface area contributed by atoms with Crippen molar-refractivity contribution in [3.63, 3.8) is 0 Å². The number of rotatable bonds is 0. The molecule has 5 aliphatic rings. The fourth-order valence-corrected chi connectivity index (χ4v) is 15.4. The summed E-state index contributed by atoms with van der Waals surface area (Å²) in [4.78, 5) is 0. The van der Waals surface area contributed by atoms with E-state index in [1.165, 1.54) is 116 Å². The van der Waals surface area contributed by atoms with Crippen molar-refractivity contribution in [2.24, 2.45) is 0 Å². The second-order valence-electron chi connectivity index (χ2n) is 10.8. The van der Waals surface area contributed by atoms with Gasteiger partial charge in [0.1, 0.15) is 0 Å². The van der Waals surface area contributed by atoms with Crippen molar-refractivity contribution in [1.82, 2.24) is 0 Å². The standard InChI is InChI=1S/C25H43O2PS/c29-28-23-17-9-5-1-3-7-13-19(23)26-21-15-11-12-16-22(25(21)28)27-20-14-8-4-2-6-10-18-24(20)28/h19-25H,1-18H2. The third-order valence-corrected chi connectivity index (χ3v) is 16.2. The minimum absolute atomic E-state index is 0.420. The number of hydrogen-bond acceptors (Lipinski definition) is 3. The molecule has 2 saturated heterocycles. The van der Waals surface area contributed by atoms with Crippen LogP contribution in [0.5, 0.6) is 0 Å². The molecule has 0 radical (unpaired) electrons. The summed E-state index contributed by atoms with van der Waals surface area (Å²) in [7, 11) is 0. The van der Waals surface area contributed by atoms with E-state index in [-0.39, 0.29) is 0 Å². The molecular weight excluding hydrogens is 395 g/mol. The molecule has 0 spiro atoms. The van der Waals surface area contributed by atoms with E-state index < -0.39 is 6.04 Å². The third-order valence-electron chi connectivity index (χ3n) is 9.03. The molecule has 2 aliphatic heterocycles. The molecule has 5 rings (SSSR count). The van der Waals surface area contributed by atoms with Gasteiger partial charge in [-0.15, -0.1) is 0 Å². The molecule has 29 heavy (non-hydrogen) atoms. The van der Waals surface area contributed by atoms with Gasteiger partial charge in [-0.1, -0.05) is 88.9 Å². The Balaban J connectivity index is 1.55. The van der Waals surface area contributed by atoms with Gasteiger partial charge in [0.15, 0.2) is 0 Å². The fraction of sp³-hybridized carbons (Fsp3) is 1.00. The largest absolute Gasteiger partial charge is 0.374 e. The van der Waals surface area contributed by atoms with Crippen LogP contribution in [0.3, 0.4) is 0 Å². The summed E-state index contributed by atoms with van der Waals surface area (Å²) in [5.41, 5.74) is 1.99. The zero-order valence-corrected chi connectivity index (χ0v) is 20.2. The Morgan fingerprint density at radius 2 is 0.793 bits per heavy atom. The van der Waals surface area contributed by atoms with Gasteiger partial charge in [-0.2, -0.15) is 0 Å². The molecule has 166 valence electrons. The van der Waals surface area contributed by atoms with Crippen molar-refractivity contribution in [3.8, 4) is 0 Å². The smallest absolute Gasteiger partial charge is 0.0679 e. The van der Waals surface area contributed by atoms with Crippen LogP contribution in [0.2, 0.25) is 0 Å². The van der Waals surface area contributed by atoms with Gasteiger partial charge in [0.25, 0.3) is 0 Å². The van der Waals surface area contributed by atoms with Crippen molar-refractivity contribution in [3.05, 3.63) is 0 Å². The topological polar surface area (TPSA) is 18.5 Å². The molecule has 6 atom stereocenters. The Morgan fingerprint density at radius 1 is 0.448 bits per heavy atom. The van der Waals surface area contributed by atoms with E-state index in [4.69, 9.17) is 21.3 Å². The van der Waals surface area contributed by atoms with Crippen LogP contribution in [-0.2, 0) is 21.3 Å². The molecule has 4 heteroatoms. The predicted molar refractivity (Wildman–Crippen MR) is 126 cm³/mol. The summed E-state index contributed by atoms with van der Waals surface area (Å²) in [5.74, 6) is 0. The van der Waals surface area contributed by atoms with Crippen LogP contribution in [0.15, 0.2) is 0 Å². The van der Waals surface area contributed by atoms with E-state index in [0.29, 0.717) is 41.4 Å². The van der Waals surface area contributed by atoms with Crippen LogP contribution < -0.4 is 0 Å². The molecule has 0 N–H and O–H groups in total. The van der Waals surface area contributed by atoms with Gasteiger partial charge in [0, 0.05) is 17.0 Å². The van der Waals surface area contributed by atoms with Gasteiger partial charge in [-0.05, 0) is 44.6 Å². The third kappa shape index (κ3) is 4.17.